The summed E-state index contributed by atoms with van der Waals surface area (Å²) in [5.41, 5.74) is 2.96. The minimum absolute atomic E-state index is 0.0104. The van der Waals surface area contributed by atoms with E-state index < -0.39 is 0 Å². The molecule has 3 aromatic rings. The quantitative estimate of drug-likeness (QED) is 0.656. The van der Waals surface area contributed by atoms with Gasteiger partial charge in [-0.1, -0.05) is 23.7 Å². The molecular formula is C19H20ClN3O. The Hall–Kier alpha value is -2.07. The summed E-state index contributed by atoms with van der Waals surface area (Å²) in [6.07, 6.45) is 6.59. The van der Waals surface area contributed by atoms with E-state index >= 15 is 0 Å². The van der Waals surface area contributed by atoms with Crippen LogP contribution >= 0.6 is 11.6 Å². The lowest BCUT2D eigenvalue weighted by Gasteiger charge is -2.15. The van der Waals surface area contributed by atoms with Crippen LogP contribution in [0.1, 0.15) is 34.7 Å². The fourth-order valence-electron chi connectivity index (χ4n) is 3.94. The second-order valence-corrected chi connectivity index (χ2v) is 7.00. The first-order valence-electron chi connectivity index (χ1n) is 8.35. The minimum atomic E-state index is -0.0104. The van der Waals surface area contributed by atoms with E-state index in [0.29, 0.717) is 11.6 Å². The maximum Gasteiger partial charge on any atom is 0.170 e. The van der Waals surface area contributed by atoms with Crippen molar-refractivity contribution in [3.63, 3.8) is 0 Å². The summed E-state index contributed by atoms with van der Waals surface area (Å²) in [4.78, 5) is 17.6. The van der Waals surface area contributed by atoms with Crippen LogP contribution in [-0.2, 0) is 20.0 Å². The molecule has 2 heterocycles. The number of hydrogen-bond acceptors (Lipinski definition) is 2. The van der Waals surface area contributed by atoms with Gasteiger partial charge in [0.1, 0.15) is 5.82 Å². The third-order valence-corrected chi connectivity index (χ3v) is 5.51. The van der Waals surface area contributed by atoms with Crippen LogP contribution in [0.3, 0.4) is 0 Å². The van der Waals surface area contributed by atoms with Crippen LogP contribution in [0.5, 0.6) is 0 Å². The summed E-state index contributed by atoms with van der Waals surface area (Å²) in [5, 5.41) is 1.69. The van der Waals surface area contributed by atoms with Crippen LogP contribution in [-0.4, -0.2) is 19.9 Å². The molecule has 1 aliphatic carbocycles. The Morgan fingerprint density at radius 3 is 2.96 bits per heavy atom. The zero-order valence-electron chi connectivity index (χ0n) is 13.9. The van der Waals surface area contributed by atoms with Gasteiger partial charge >= 0.3 is 0 Å². The van der Waals surface area contributed by atoms with Crippen molar-refractivity contribution in [1.82, 2.24) is 14.1 Å². The number of para-hydroxylation sites is 1. The molecule has 0 fully saturated rings. The normalized spacial score (nSPS) is 18.0. The van der Waals surface area contributed by atoms with Crippen molar-refractivity contribution < 1.29 is 4.79 Å². The first kappa shape index (κ1) is 15.5. The second kappa shape index (κ2) is 5.78. The van der Waals surface area contributed by atoms with Crippen molar-refractivity contribution in [1.29, 1.82) is 0 Å². The minimum Gasteiger partial charge on any atom is -0.346 e. The van der Waals surface area contributed by atoms with Crippen LogP contribution in [0, 0.1) is 12.8 Å². The fraction of sp³-hybridized carbons (Fsp3) is 0.368. The van der Waals surface area contributed by atoms with Gasteiger partial charge in [-0.15, -0.1) is 0 Å². The van der Waals surface area contributed by atoms with Gasteiger partial charge in [0.2, 0.25) is 0 Å². The average Bonchev–Trinajstić information content (AvgIpc) is 3.03. The fourth-order valence-corrected chi connectivity index (χ4v) is 4.24. The number of carbonyl (C=O) groups is 1. The number of Topliss-reactive ketones (excluding diaryl/α,β-unsaturated/α-hetero) is 1. The zero-order chi connectivity index (χ0) is 16.8. The summed E-state index contributed by atoms with van der Waals surface area (Å²) in [5.74, 6) is 1.18. The molecule has 1 unspecified atom stereocenters. The van der Waals surface area contributed by atoms with E-state index in [4.69, 9.17) is 11.6 Å². The van der Waals surface area contributed by atoms with Crippen molar-refractivity contribution in [2.75, 3.05) is 0 Å². The van der Waals surface area contributed by atoms with Gasteiger partial charge in [-0.2, -0.15) is 0 Å². The monoisotopic (exact) mass is 341 g/mol. The van der Waals surface area contributed by atoms with E-state index in [0.717, 1.165) is 47.2 Å². The van der Waals surface area contributed by atoms with E-state index in [1.807, 2.05) is 38.4 Å². The number of halogens is 1. The van der Waals surface area contributed by atoms with E-state index in [-0.39, 0.29) is 11.7 Å². The Labute approximate surface area is 146 Å². The Morgan fingerprint density at radius 1 is 1.38 bits per heavy atom. The lowest BCUT2D eigenvalue weighted by atomic mass is 9.94. The highest BCUT2D eigenvalue weighted by Gasteiger charge is 2.30. The number of nitrogens with zero attached hydrogens (tertiary/aromatic N) is 3. The van der Waals surface area contributed by atoms with E-state index in [2.05, 4.69) is 14.1 Å². The highest BCUT2D eigenvalue weighted by molar-refractivity contribution is 6.35. The first-order chi connectivity index (χ1) is 11.6. The molecule has 1 aromatic carbocycles. The highest BCUT2D eigenvalue weighted by Crippen LogP contribution is 2.36. The maximum absolute atomic E-state index is 13.3. The Morgan fingerprint density at radius 2 is 2.21 bits per heavy atom. The number of aromatic nitrogens is 3. The molecule has 124 valence electrons. The van der Waals surface area contributed by atoms with Gasteiger partial charge in [0.25, 0.3) is 0 Å². The van der Waals surface area contributed by atoms with Crippen LogP contribution in [0.25, 0.3) is 10.9 Å². The molecule has 2 aromatic heterocycles. The van der Waals surface area contributed by atoms with Gasteiger partial charge in [-0.3, -0.25) is 4.79 Å². The number of aryl methyl sites for hydroxylation is 2. The number of imidazole rings is 1. The molecule has 4 nitrogen and oxygen atoms in total. The smallest absolute Gasteiger partial charge is 0.170 e. The van der Waals surface area contributed by atoms with Gasteiger partial charge in [0.05, 0.1) is 10.5 Å². The van der Waals surface area contributed by atoms with Crippen LogP contribution < -0.4 is 0 Å². The van der Waals surface area contributed by atoms with Crippen molar-refractivity contribution in [3.05, 3.63) is 52.7 Å². The molecule has 0 spiro atoms. The maximum atomic E-state index is 13.3. The number of rotatable bonds is 2. The molecule has 1 aliphatic rings. The van der Waals surface area contributed by atoms with Crippen LogP contribution in [0.15, 0.2) is 30.6 Å². The van der Waals surface area contributed by atoms with Crippen molar-refractivity contribution in [3.8, 4) is 0 Å². The molecule has 0 saturated heterocycles. The molecule has 4 rings (SSSR count). The van der Waals surface area contributed by atoms with Gasteiger partial charge in [0, 0.05) is 48.5 Å². The van der Waals surface area contributed by atoms with Gasteiger partial charge in [-0.05, 0) is 32.3 Å². The lowest BCUT2D eigenvalue weighted by molar-refractivity contribution is 0.0903. The zero-order valence-corrected chi connectivity index (χ0v) is 14.7. The van der Waals surface area contributed by atoms with E-state index in [1.165, 1.54) is 0 Å². The van der Waals surface area contributed by atoms with Crippen LogP contribution in [0.4, 0.5) is 0 Å². The van der Waals surface area contributed by atoms with E-state index in [1.54, 1.807) is 6.20 Å². The van der Waals surface area contributed by atoms with E-state index in [9.17, 15) is 4.79 Å². The molecule has 0 aliphatic heterocycles. The molecule has 0 amide bonds. The summed E-state index contributed by atoms with van der Waals surface area (Å²) in [6.45, 7) is 2.67. The summed E-state index contributed by atoms with van der Waals surface area (Å²) < 4.78 is 4.18. The molecule has 0 N–H and O–H groups in total. The summed E-state index contributed by atoms with van der Waals surface area (Å²) >= 11 is 6.40. The SMILES string of the molecule is Cc1nccn1CC1CCCc2c(c3cccc(Cl)c3n2C)C1=O. The Bertz CT molecular complexity index is 938. The molecule has 0 radical (unpaired) electrons. The summed E-state index contributed by atoms with van der Waals surface area (Å²) in [6, 6.07) is 5.83. The second-order valence-electron chi connectivity index (χ2n) is 6.60. The number of benzene rings is 1. The number of carbonyl (C=O) groups excluding carboxylic acids is 1. The molecule has 0 bridgehead atoms. The van der Waals surface area contributed by atoms with Crippen molar-refractivity contribution in [2.45, 2.75) is 32.7 Å². The number of fused-ring (bicyclic) bond motifs is 3. The topological polar surface area (TPSA) is 39.8 Å². The van der Waals surface area contributed by atoms with Crippen molar-refractivity contribution in [2.24, 2.45) is 13.0 Å². The predicted octanol–water partition coefficient (Wildman–Crippen LogP) is 4.17. The summed E-state index contributed by atoms with van der Waals surface area (Å²) in [7, 11) is 2.01. The van der Waals surface area contributed by atoms with Crippen molar-refractivity contribution >= 4 is 28.3 Å². The Kier molecular flexibility index (Phi) is 3.72. The molecule has 5 heteroatoms. The highest BCUT2D eigenvalue weighted by atomic mass is 35.5. The third-order valence-electron chi connectivity index (χ3n) is 5.21. The Balaban J connectivity index is 1.82. The predicted molar refractivity (Wildman–Crippen MR) is 95.7 cm³/mol. The molecular weight excluding hydrogens is 322 g/mol. The lowest BCUT2D eigenvalue weighted by Crippen LogP contribution is -2.20. The standard InChI is InChI=1S/C19H20ClN3O/c1-12-21-9-10-23(12)11-13-5-3-8-16-17(19(13)24)14-6-4-7-15(20)18(14)22(16)2/h4,6-7,9-10,13H,3,5,8,11H2,1-2H3. The number of hydrogen-bond donors (Lipinski definition) is 0. The van der Waals surface area contributed by atoms with Gasteiger partial charge in [-0.25, -0.2) is 4.98 Å². The number of ketones is 1. The molecule has 1 atom stereocenters. The third kappa shape index (κ3) is 2.28. The van der Waals surface area contributed by atoms with Gasteiger partial charge < -0.3 is 9.13 Å². The largest absolute Gasteiger partial charge is 0.346 e. The van der Waals surface area contributed by atoms with Crippen LogP contribution in [0.2, 0.25) is 5.02 Å². The average molecular weight is 342 g/mol. The molecule has 24 heavy (non-hydrogen) atoms. The first-order valence-corrected chi connectivity index (χ1v) is 8.73. The molecule has 0 saturated carbocycles. The van der Waals surface area contributed by atoms with Gasteiger partial charge in [0.15, 0.2) is 5.78 Å².